The number of thioether (sulfide) groups is 1. The summed E-state index contributed by atoms with van der Waals surface area (Å²) in [5, 5.41) is -0.394. The van der Waals surface area contributed by atoms with Gasteiger partial charge in [0.1, 0.15) is 11.5 Å². The molecule has 1 saturated heterocycles. The zero-order valence-electron chi connectivity index (χ0n) is 16.3. The highest BCUT2D eigenvalue weighted by Crippen LogP contribution is 2.33. The van der Waals surface area contributed by atoms with Crippen LogP contribution in [0.5, 0.6) is 5.75 Å². The molecule has 2 heterocycles. The van der Waals surface area contributed by atoms with Crippen LogP contribution in [-0.2, 0) is 16.1 Å². The Balaban J connectivity index is 1.69. The Morgan fingerprint density at radius 1 is 1.21 bits per heavy atom. The topological polar surface area (TPSA) is 86.1 Å². The van der Waals surface area contributed by atoms with Crippen LogP contribution in [0.25, 0.3) is 6.08 Å². The number of hydrogen-bond donors (Lipinski definition) is 0. The molecule has 0 bridgehead atoms. The van der Waals surface area contributed by atoms with Crippen molar-refractivity contribution in [3.05, 3.63) is 58.4 Å². The lowest BCUT2D eigenvalue weighted by molar-refractivity contribution is -0.123. The zero-order chi connectivity index (χ0) is 21.0. The van der Waals surface area contributed by atoms with Gasteiger partial charge in [0.15, 0.2) is 0 Å². The Morgan fingerprint density at radius 3 is 2.59 bits per heavy atom. The van der Waals surface area contributed by atoms with E-state index in [4.69, 9.17) is 9.15 Å². The highest BCUT2D eigenvalue weighted by molar-refractivity contribution is 8.18. The fourth-order valence-electron chi connectivity index (χ4n) is 2.57. The fourth-order valence-corrected chi connectivity index (χ4v) is 3.41. The van der Waals surface area contributed by atoms with E-state index in [9.17, 15) is 14.4 Å². The molecule has 1 aliphatic rings. The predicted octanol–water partition coefficient (Wildman–Crippen LogP) is 4.48. The van der Waals surface area contributed by atoms with Gasteiger partial charge in [-0.25, -0.2) is 4.79 Å². The van der Waals surface area contributed by atoms with Gasteiger partial charge in [0, 0.05) is 0 Å². The lowest BCUT2D eigenvalue weighted by Gasteiger charge is -2.12. The van der Waals surface area contributed by atoms with Crippen LogP contribution in [0.2, 0.25) is 0 Å². The van der Waals surface area contributed by atoms with Crippen LogP contribution in [0, 0.1) is 0 Å². The van der Waals surface area contributed by atoms with Crippen LogP contribution in [0.3, 0.4) is 0 Å². The first kappa shape index (κ1) is 20.7. The van der Waals surface area contributed by atoms with Crippen molar-refractivity contribution >= 4 is 35.0 Å². The smallest absolute Gasteiger partial charge is 0.373 e. The minimum atomic E-state index is -0.619. The summed E-state index contributed by atoms with van der Waals surface area (Å²) in [5.74, 6) is 0.0658. The van der Waals surface area contributed by atoms with E-state index < -0.39 is 17.1 Å². The van der Waals surface area contributed by atoms with Crippen molar-refractivity contribution in [2.24, 2.45) is 0 Å². The number of esters is 1. The average molecular weight is 415 g/mol. The van der Waals surface area contributed by atoms with Gasteiger partial charge >= 0.3 is 5.97 Å². The molecule has 2 amide bonds. The van der Waals surface area contributed by atoms with Gasteiger partial charge < -0.3 is 13.9 Å². The summed E-state index contributed by atoms with van der Waals surface area (Å²) in [7, 11) is 1.24. The van der Waals surface area contributed by atoms with Gasteiger partial charge in [-0.15, -0.1) is 0 Å². The van der Waals surface area contributed by atoms with E-state index in [2.05, 4.69) is 4.74 Å². The van der Waals surface area contributed by atoms with Crippen molar-refractivity contribution in [3.8, 4) is 5.75 Å². The third kappa shape index (κ3) is 4.89. The van der Waals surface area contributed by atoms with Crippen molar-refractivity contribution < 1.29 is 28.3 Å². The first-order chi connectivity index (χ1) is 13.9. The van der Waals surface area contributed by atoms with Crippen LogP contribution in [-0.4, -0.2) is 35.2 Å². The Bertz CT molecular complexity index is 946. The second-order valence-electron chi connectivity index (χ2n) is 6.43. The van der Waals surface area contributed by atoms with Crippen molar-refractivity contribution in [3.63, 3.8) is 0 Å². The number of carbonyl (C=O) groups excluding carboxylic acids is 3. The van der Waals surface area contributed by atoms with Gasteiger partial charge in [-0.05, 0) is 61.0 Å². The molecule has 2 aromatic rings. The number of benzene rings is 1. The molecule has 8 heteroatoms. The molecule has 0 N–H and O–H groups in total. The molecule has 0 aliphatic carbocycles. The molecule has 0 radical (unpaired) electrons. The van der Waals surface area contributed by atoms with Crippen LogP contribution in [0.15, 0.2) is 45.7 Å². The standard InChI is InChI=1S/C21H21NO6S/c1-4-13(2)27-15-7-5-14(6-8-15)11-18-19(23)22(21(25)29-18)12-16-9-10-17(28-16)20(24)26-3/h5-11,13H,4,12H2,1-3H3/b18-11+/t13-/m1/s1. The number of carbonyl (C=O) groups is 3. The Labute approximate surface area is 172 Å². The third-order valence-electron chi connectivity index (χ3n) is 4.33. The average Bonchev–Trinajstić information content (AvgIpc) is 3.29. The quantitative estimate of drug-likeness (QED) is 0.487. The van der Waals surface area contributed by atoms with E-state index in [0.717, 1.165) is 34.4 Å². The Morgan fingerprint density at radius 2 is 1.93 bits per heavy atom. The highest BCUT2D eigenvalue weighted by atomic mass is 32.2. The van der Waals surface area contributed by atoms with Gasteiger partial charge in [0.2, 0.25) is 5.76 Å². The normalized spacial score (nSPS) is 16.4. The molecule has 0 unspecified atom stereocenters. The lowest BCUT2D eigenvalue weighted by Crippen LogP contribution is -2.27. The van der Waals surface area contributed by atoms with Crippen molar-refractivity contribution in [2.45, 2.75) is 32.9 Å². The molecule has 1 atom stereocenters. The van der Waals surface area contributed by atoms with Gasteiger partial charge in [-0.3, -0.25) is 14.5 Å². The van der Waals surface area contributed by atoms with E-state index in [1.54, 1.807) is 6.08 Å². The van der Waals surface area contributed by atoms with Crippen molar-refractivity contribution in [1.82, 2.24) is 4.90 Å². The minimum absolute atomic E-state index is 0.0183. The van der Waals surface area contributed by atoms with Crippen molar-refractivity contribution in [2.75, 3.05) is 7.11 Å². The predicted molar refractivity (Wildman–Crippen MR) is 108 cm³/mol. The fraction of sp³-hybridized carbons (Fsp3) is 0.286. The second-order valence-corrected chi connectivity index (χ2v) is 7.42. The summed E-state index contributed by atoms with van der Waals surface area (Å²) in [6.07, 6.45) is 2.70. The zero-order valence-corrected chi connectivity index (χ0v) is 17.2. The van der Waals surface area contributed by atoms with Gasteiger partial charge in [0.25, 0.3) is 11.1 Å². The molecule has 3 rings (SSSR count). The molecule has 0 spiro atoms. The highest BCUT2D eigenvalue weighted by Gasteiger charge is 2.35. The Kier molecular flexibility index (Phi) is 6.43. The molecule has 7 nitrogen and oxygen atoms in total. The molecule has 1 aliphatic heterocycles. The van der Waals surface area contributed by atoms with Crippen LogP contribution >= 0.6 is 11.8 Å². The molecule has 1 aromatic heterocycles. The maximum absolute atomic E-state index is 12.6. The summed E-state index contributed by atoms with van der Waals surface area (Å²) in [6.45, 7) is 3.99. The van der Waals surface area contributed by atoms with E-state index in [1.165, 1.54) is 19.2 Å². The van der Waals surface area contributed by atoms with Gasteiger partial charge in [0.05, 0.1) is 24.7 Å². The van der Waals surface area contributed by atoms with Gasteiger partial charge in [-0.1, -0.05) is 19.1 Å². The molecule has 0 saturated carbocycles. The number of nitrogens with zero attached hydrogens (tertiary/aromatic N) is 1. The third-order valence-corrected chi connectivity index (χ3v) is 5.23. The monoisotopic (exact) mass is 415 g/mol. The van der Waals surface area contributed by atoms with E-state index >= 15 is 0 Å². The summed E-state index contributed by atoms with van der Waals surface area (Å²) in [6, 6.07) is 10.3. The summed E-state index contributed by atoms with van der Waals surface area (Å²) in [4.78, 5) is 37.8. The van der Waals surface area contributed by atoms with E-state index in [-0.39, 0.29) is 18.4 Å². The number of ether oxygens (including phenoxy) is 2. The van der Waals surface area contributed by atoms with Crippen molar-refractivity contribution in [1.29, 1.82) is 0 Å². The summed E-state index contributed by atoms with van der Waals surface area (Å²) in [5.41, 5.74) is 0.790. The molecule has 1 aromatic carbocycles. The number of furan rings is 1. The number of rotatable bonds is 7. The Hall–Kier alpha value is -3.00. The molecule has 152 valence electrons. The maximum atomic E-state index is 12.6. The molecular weight excluding hydrogens is 394 g/mol. The number of methoxy groups -OCH3 is 1. The number of amides is 2. The first-order valence-electron chi connectivity index (χ1n) is 9.10. The number of imide groups is 1. The van der Waals surface area contributed by atoms with Crippen LogP contribution < -0.4 is 4.74 Å². The molecule has 1 fully saturated rings. The van der Waals surface area contributed by atoms with Crippen LogP contribution in [0.4, 0.5) is 4.79 Å². The second kappa shape index (κ2) is 9.00. The minimum Gasteiger partial charge on any atom is -0.491 e. The van der Waals surface area contributed by atoms with Crippen LogP contribution in [0.1, 0.15) is 42.1 Å². The SMILES string of the molecule is CC[C@@H](C)Oc1ccc(/C=C2/SC(=O)N(Cc3ccc(C(=O)OC)o3)C2=O)cc1. The summed E-state index contributed by atoms with van der Waals surface area (Å²) < 4.78 is 15.7. The van der Waals surface area contributed by atoms with E-state index in [1.807, 2.05) is 38.1 Å². The van der Waals surface area contributed by atoms with E-state index in [0.29, 0.717) is 10.7 Å². The number of hydrogen-bond acceptors (Lipinski definition) is 7. The van der Waals surface area contributed by atoms with Gasteiger partial charge in [-0.2, -0.15) is 0 Å². The molecule has 29 heavy (non-hydrogen) atoms. The largest absolute Gasteiger partial charge is 0.491 e. The first-order valence-corrected chi connectivity index (χ1v) is 9.92. The maximum Gasteiger partial charge on any atom is 0.373 e. The summed E-state index contributed by atoms with van der Waals surface area (Å²) >= 11 is 0.866. The lowest BCUT2D eigenvalue weighted by atomic mass is 10.2. The molecular formula is C21H21NO6S.